The molecule has 0 amide bonds. The van der Waals surface area contributed by atoms with Crippen LogP contribution in [0.2, 0.25) is 0 Å². The Kier molecular flexibility index (Phi) is 34.5. The lowest BCUT2D eigenvalue weighted by Gasteiger charge is -2.40. The number of aliphatic hydroxyl groups is 3. The van der Waals surface area contributed by atoms with E-state index in [1.807, 2.05) is 12.2 Å². The summed E-state index contributed by atoms with van der Waals surface area (Å²) in [6, 6.07) is 0. The Bertz CT molecular complexity index is 1300. The van der Waals surface area contributed by atoms with E-state index in [2.05, 4.69) is 50.3 Å². The maximum Gasteiger partial charge on any atom is 0.306 e. The van der Waals surface area contributed by atoms with Gasteiger partial charge in [-0.25, -0.2) is 0 Å². The van der Waals surface area contributed by atoms with Gasteiger partial charge in [0.1, 0.15) is 36.8 Å². The summed E-state index contributed by atoms with van der Waals surface area (Å²) in [7, 11) is -4.61. The SMILES string of the molecule is CCCCCCCC/C=C/C/C=C/C/C=C/CCCC(=O)O[C@H](COC(=O)CCCC/C=C/CCCCCCCCCCC)CO[C@H]1O[C@H](CS(=O)(=O)O)[C@@H](O)C(O)C1O. The summed E-state index contributed by atoms with van der Waals surface area (Å²) in [4.78, 5) is 25.4. The van der Waals surface area contributed by atoms with Crippen LogP contribution in [0.3, 0.4) is 0 Å². The predicted molar refractivity (Wildman–Crippen MR) is 238 cm³/mol. The highest BCUT2D eigenvalue weighted by Gasteiger charge is 2.46. The van der Waals surface area contributed by atoms with Crippen LogP contribution in [0.25, 0.3) is 0 Å². The van der Waals surface area contributed by atoms with E-state index in [1.54, 1.807) is 0 Å². The van der Waals surface area contributed by atoms with Gasteiger partial charge in [-0.1, -0.05) is 146 Å². The maximum atomic E-state index is 12.8. The molecule has 1 saturated heterocycles. The van der Waals surface area contributed by atoms with Gasteiger partial charge in [0, 0.05) is 12.8 Å². The number of ether oxygens (including phenoxy) is 4. The first-order chi connectivity index (χ1) is 29.0. The number of allylic oxidation sites excluding steroid dienone is 8. The second kappa shape index (κ2) is 37.2. The van der Waals surface area contributed by atoms with E-state index in [4.69, 9.17) is 18.9 Å². The molecule has 0 aromatic rings. The lowest BCUT2D eigenvalue weighted by atomic mass is 10.00. The van der Waals surface area contributed by atoms with Crippen molar-refractivity contribution >= 4 is 22.1 Å². The molecule has 1 fully saturated rings. The van der Waals surface area contributed by atoms with Gasteiger partial charge in [0.2, 0.25) is 0 Å². The molecule has 0 aromatic heterocycles. The maximum absolute atomic E-state index is 12.8. The molecule has 12 nitrogen and oxygen atoms in total. The molecule has 1 rings (SSSR count). The molecular formula is C47H82O12S. The summed E-state index contributed by atoms with van der Waals surface area (Å²) in [6.07, 6.45) is 34.5. The van der Waals surface area contributed by atoms with Crippen molar-refractivity contribution in [1.82, 2.24) is 0 Å². The highest BCUT2D eigenvalue weighted by Crippen LogP contribution is 2.24. The number of carbonyl (C=O) groups excluding carboxylic acids is 2. The van der Waals surface area contributed by atoms with Crippen molar-refractivity contribution < 1.29 is 56.8 Å². The minimum atomic E-state index is -4.61. The standard InChI is InChI=1S/C47H82O12S/c1-3-5-7-9-11-13-15-17-19-20-22-24-26-28-30-32-34-36-43(49)58-40(38-57-47-46(52)45(51)44(50)41(59-47)39-60(53,54)55)37-56-42(48)35-33-31-29-27-25-23-21-18-16-14-12-10-8-6-4-2/h17,19,22,24-25,27-28,30,40-41,44-47,50-52H,3-16,18,20-21,23,26,29,31-39H2,1-2H3,(H,53,54,55)/b19-17+,24-22+,27-25+,30-28+/t40-,41-,44-,45?,46?,47+/m1/s1. The van der Waals surface area contributed by atoms with E-state index in [1.165, 1.54) is 96.3 Å². The third kappa shape index (κ3) is 31.5. The van der Waals surface area contributed by atoms with Crippen molar-refractivity contribution in [2.75, 3.05) is 19.0 Å². The molecular weight excluding hydrogens is 789 g/mol. The van der Waals surface area contributed by atoms with Crippen LogP contribution >= 0.6 is 0 Å². The zero-order valence-corrected chi connectivity index (χ0v) is 37.9. The molecule has 0 saturated carbocycles. The van der Waals surface area contributed by atoms with Crippen LogP contribution in [0.1, 0.15) is 181 Å². The molecule has 60 heavy (non-hydrogen) atoms. The fourth-order valence-electron chi connectivity index (χ4n) is 6.75. The van der Waals surface area contributed by atoms with Crippen molar-refractivity contribution in [2.45, 2.75) is 218 Å². The molecule has 0 radical (unpaired) electrons. The number of rotatable bonds is 38. The van der Waals surface area contributed by atoms with E-state index in [-0.39, 0.29) is 19.4 Å². The Labute approximate surface area is 363 Å². The summed E-state index contributed by atoms with van der Waals surface area (Å²) in [5, 5.41) is 30.9. The predicted octanol–water partition coefficient (Wildman–Crippen LogP) is 9.56. The van der Waals surface area contributed by atoms with Gasteiger partial charge in [-0.05, 0) is 70.6 Å². The zero-order chi connectivity index (χ0) is 44.1. The van der Waals surface area contributed by atoms with Gasteiger partial charge < -0.3 is 34.3 Å². The van der Waals surface area contributed by atoms with Gasteiger partial charge in [0.15, 0.2) is 12.4 Å². The van der Waals surface area contributed by atoms with E-state index in [0.29, 0.717) is 19.3 Å². The monoisotopic (exact) mass is 871 g/mol. The van der Waals surface area contributed by atoms with Crippen molar-refractivity contribution in [2.24, 2.45) is 0 Å². The highest BCUT2D eigenvalue weighted by atomic mass is 32.2. The summed E-state index contributed by atoms with van der Waals surface area (Å²) < 4.78 is 54.0. The van der Waals surface area contributed by atoms with Crippen LogP contribution in [-0.4, -0.2) is 96.0 Å². The van der Waals surface area contributed by atoms with Crippen LogP contribution < -0.4 is 0 Å². The number of aliphatic hydroxyl groups excluding tert-OH is 3. The van der Waals surface area contributed by atoms with E-state index >= 15 is 0 Å². The third-order valence-corrected chi connectivity index (χ3v) is 11.1. The van der Waals surface area contributed by atoms with Crippen molar-refractivity contribution in [3.63, 3.8) is 0 Å². The molecule has 0 bridgehead atoms. The highest BCUT2D eigenvalue weighted by molar-refractivity contribution is 7.85. The fourth-order valence-corrected chi connectivity index (χ4v) is 7.44. The minimum absolute atomic E-state index is 0.0879. The quantitative estimate of drug-likeness (QED) is 0.0200. The van der Waals surface area contributed by atoms with Crippen LogP contribution in [0, 0.1) is 0 Å². The van der Waals surface area contributed by atoms with Gasteiger partial charge in [0.25, 0.3) is 10.1 Å². The summed E-state index contributed by atoms with van der Waals surface area (Å²) >= 11 is 0. The summed E-state index contributed by atoms with van der Waals surface area (Å²) in [5.74, 6) is -2.08. The molecule has 13 heteroatoms. The molecule has 1 aliphatic heterocycles. The topological polar surface area (TPSA) is 186 Å². The molecule has 348 valence electrons. The minimum Gasteiger partial charge on any atom is -0.462 e. The van der Waals surface area contributed by atoms with Crippen LogP contribution in [0.4, 0.5) is 0 Å². The van der Waals surface area contributed by atoms with Gasteiger partial charge >= 0.3 is 11.9 Å². The second-order valence-corrected chi connectivity index (χ2v) is 17.6. The molecule has 1 heterocycles. The molecule has 0 spiro atoms. The van der Waals surface area contributed by atoms with Gasteiger partial charge in [-0.15, -0.1) is 0 Å². The third-order valence-electron chi connectivity index (χ3n) is 10.4. The largest absolute Gasteiger partial charge is 0.462 e. The van der Waals surface area contributed by atoms with Gasteiger partial charge in [-0.3, -0.25) is 14.1 Å². The molecule has 0 aromatic carbocycles. The van der Waals surface area contributed by atoms with E-state index in [0.717, 1.165) is 38.5 Å². The normalized spacial score (nSPS) is 20.5. The Morgan fingerprint density at radius 3 is 1.55 bits per heavy atom. The number of carbonyl (C=O) groups is 2. The first kappa shape index (κ1) is 55.6. The Morgan fingerprint density at radius 1 is 0.567 bits per heavy atom. The average molecular weight is 871 g/mol. The lowest BCUT2D eigenvalue weighted by molar-refractivity contribution is -0.297. The molecule has 2 unspecified atom stereocenters. The average Bonchev–Trinajstić information content (AvgIpc) is 3.21. The Hall–Kier alpha value is -2.39. The Balaban J connectivity index is 2.50. The molecule has 6 atom stereocenters. The van der Waals surface area contributed by atoms with Crippen molar-refractivity contribution in [3.8, 4) is 0 Å². The number of esters is 2. The zero-order valence-electron chi connectivity index (χ0n) is 37.1. The molecule has 4 N–H and O–H groups in total. The van der Waals surface area contributed by atoms with Crippen molar-refractivity contribution in [3.05, 3.63) is 48.6 Å². The number of hydrogen-bond donors (Lipinski definition) is 4. The van der Waals surface area contributed by atoms with E-state index < -0.39 is 71.2 Å². The van der Waals surface area contributed by atoms with Crippen LogP contribution in [0.5, 0.6) is 0 Å². The number of hydrogen-bond acceptors (Lipinski definition) is 11. The number of unbranched alkanes of at least 4 members (excludes halogenated alkanes) is 18. The smallest absolute Gasteiger partial charge is 0.306 e. The van der Waals surface area contributed by atoms with Crippen molar-refractivity contribution in [1.29, 1.82) is 0 Å². The fraction of sp³-hybridized carbons (Fsp3) is 0.787. The van der Waals surface area contributed by atoms with Crippen LogP contribution in [0.15, 0.2) is 48.6 Å². The molecule has 0 aliphatic carbocycles. The van der Waals surface area contributed by atoms with Crippen LogP contribution in [-0.2, 0) is 38.7 Å². The second-order valence-electron chi connectivity index (χ2n) is 16.1. The summed E-state index contributed by atoms with van der Waals surface area (Å²) in [5.41, 5.74) is 0. The molecule has 1 aliphatic rings. The first-order valence-corrected chi connectivity index (χ1v) is 24.8. The summed E-state index contributed by atoms with van der Waals surface area (Å²) in [6.45, 7) is 3.69. The van der Waals surface area contributed by atoms with Gasteiger partial charge in [0.05, 0.1) is 6.61 Å². The van der Waals surface area contributed by atoms with Gasteiger partial charge in [-0.2, -0.15) is 8.42 Å². The lowest BCUT2D eigenvalue weighted by Crippen LogP contribution is -2.60. The first-order valence-electron chi connectivity index (χ1n) is 23.2. The van der Waals surface area contributed by atoms with E-state index in [9.17, 15) is 37.9 Å². The Morgan fingerprint density at radius 2 is 1.02 bits per heavy atom.